The minimum atomic E-state index is -0.599. The van der Waals surface area contributed by atoms with Crippen LogP contribution in [-0.4, -0.2) is 42.9 Å². The number of ether oxygens (including phenoxy) is 1. The molecule has 1 aliphatic rings. The van der Waals surface area contributed by atoms with Crippen molar-refractivity contribution in [3.8, 4) is 0 Å². The van der Waals surface area contributed by atoms with Crippen molar-refractivity contribution in [1.82, 2.24) is 4.90 Å². The van der Waals surface area contributed by atoms with Crippen LogP contribution in [0, 0.1) is 0 Å². The molecule has 1 aliphatic heterocycles. The number of likely N-dealkylation sites (tertiary alicyclic amines) is 1. The summed E-state index contributed by atoms with van der Waals surface area (Å²) in [7, 11) is 0. The van der Waals surface area contributed by atoms with Gasteiger partial charge in [-0.25, -0.2) is 4.39 Å². The van der Waals surface area contributed by atoms with Crippen LogP contribution in [0.15, 0.2) is 0 Å². The highest BCUT2D eigenvalue weighted by Crippen LogP contribution is 2.13. The molecule has 0 aromatic rings. The zero-order valence-corrected chi connectivity index (χ0v) is 9.55. The summed E-state index contributed by atoms with van der Waals surface area (Å²) in [5.41, 5.74) is -0.0480. The lowest BCUT2D eigenvalue weighted by Crippen LogP contribution is -2.25. The summed E-state index contributed by atoms with van der Waals surface area (Å²) in [4.78, 5) is 2.18. The predicted octanol–water partition coefficient (Wildman–Crippen LogP) is 2.24. The van der Waals surface area contributed by atoms with Crippen molar-refractivity contribution in [2.45, 2.75) is 45.4 Å². The Morgan fingerprint density at radius 3 is 2.64 bits per heavy atom. The third-order valence-electron chi connectivity index (χ3n) is 2.37. The number of alkyl halides is 1. The Morgan fingerprint density at radius 2 is 2.14 bits per heavy atom. The van der Waals surface area contributed by atoms with Crippen molar-refractivity contribution in [3.63, 3.8) is 0 Å². The van der Waals surface area contributed by atoms with Crippen molar-refractivity contribution in [2.75, 3.05) is 26.2 Å². The largest absolute Gasteiger partial charge is 0.376 e. The molecule has 2 nitrogen and oxygen atoms in total. The van der Waals surface area contributed by atoms with Crippen molar-refractivity contribution < 1.29 is 9.13 Å². The van der Waals surface area contributed by atoms with Crippen LogP contribution in [-0.2, 0) is 4.74 Å². The summed E-state index contributed by atoms with van der Waals surface area (Å²) in [6.07, 6.45) is 1.11. The molecule has 0 saturated carbocycles. The third-order valence-corrected chi connectivity index (χ3v) is 2.37. The van der Waals surface area contributed by atoms with Gasteiger partial charge in [-0.3, -0.25) is 0 Å². The van der Waals surface area contributed by atoms with Gasteiger partial charge in [0, 0.05) is 26.2 Å². The van der Waals surface area contributed by atoms with Crippen LogP contribution in [0.3, 0.4) is 0 Å². The van der Waals surface area contributed by atoms with Gasteiger partial charge in [-0.1, -0.05) is 0 Å². The molecule has 1 saturated heterocycles. The molecule has 0 unspecified atom stereocenters. The van der Waals surface area contributed by atoms with Crippen LogP contribution in [0.2, 0.25) is 0 Å². The van der Waals surface area contributed by atoms with E-state index in [1.165, 1.54) is 0 Å². The number of nitrogens with zero attached hydrogens (tertiary/aromatic N) is 1. The number of rotatable bonds is 4. The summed E-state index contributed by atoms with van der Waals surface area (Å²) < 4.78 is 18.4. The first kappa shape index (κ1) is 11.9. The monoisotopic (exact) mass is 203 g/mol. The fraction of sp³-hybridized carbons (Fsp3) is 1.00. The lowest BCUT2D eigenvalue weighted by Gasteiger charge is -2.21. The Hall–Kier alpha value is -0.150. The fourth-order valence-electron chi connectivity index (χ4n) is 1.65. The third kappa shape index (κ3) is 4.91. The molecule has 84 valence electrons. The van der Waals surface area contributed by atoms with E-state index >= 15 is 0 Å². The molecular formula is C11H22FNO. The average molecular weight is 203 g/mol. The SMILES string of the molecule is CC(C)(C)OCCCN1CC[C@@H](F)C1. The molecule has 0 spiro atoms. The van der Waals surface area contributed by atoms with Gasteiger partial charge in [-0.15, -0.1) is 0 Å². The fourth-order valence-corrected chi connectivity index (χ4v) is 1.65. The molecule has 0 aromatic heterocycles. The van der Waals surface area contributed by atoms with E-state index in [1.54, 1.807) is 0 Å². The molecule has 3 heteroatoms. The van der Waals surface area contributed by atoms with Crippen LogP contribution in [0.5, 0.6) is 0 Å². The van der Waals surface area contributed by atoms with Gasteiger partial charge in [0.05, 0.1) is 5.60 Å². The van der Waals surface area contributed by atoms with E-state index in [0.717, 1.165) is 26.1 Å². The van der Waals surface area contributed by atoms with Crippen LogP contribution < -0.4 is 0 Å². The summed E-state index contributed by atoms with van der Waals surface area (Å²) in [5, 5.41) is 0. The molecule has 1 rings (SSSR count). The van der Waals surface area contributed by atoms with E-state index in [0.29, 0.717) is 13.0 Å². The number of hydrogen-bond acceptors (Lipinski definition) is 2. The van der Waals surface area contributed by atoms with E-state index in [2.05, 4.69) is 25.7 Å². The lowest BCUT2D eigenvalue weighted by atomic mass is 10.2. The van der Waals surface area contributed by atoms with Gasteiger partial charge in [-0.2, -0.15) is 0 Å². The highest BCUT2D eigenvalue weighted by molar-refractivity contribution is 4.74. The van der Waals surface area contributed by atoms with E-state index in [9.17, 15) is 4.39 Å². The van der Waals surface area contributed by atoms with Gasteiger partial charge in [0.1, 0.15) is 6.17 Å². The van der Waals surface area contributed by atoms with Gasteiger partial charge >= 0.3 is 0 Å². The van der Waals surface area contributed by atoms with E-state index in [-0.39, 0.29) is 5.60 Å². The van der Waals surface area contributed by atoms with Crippen LogP contribution in [0.1, 0.15) is 33.6 Å². The highest BCUT2D eigenvalue weighted by Gasteiger charge is 2.20. The summed E-state index contributed by atoms with van der Waals surface area (Å²) in [6, 6.07) is 0. The summed E-state index contributed by atoms with van der Waals surface area (Å²) >= 11 is 0. The molecule has 14 heavy (non-hydrogen) atoms. The second kappa shape index (κ2) is 5.08. The standard InChI is InChI=1S/C11H22FNO/c1-11(2,3)14-8-4-6-13-7-5-10(12)9-13/h10H,4-9H2,1-3H3/t10-/m1/s1. The first-order valence-corrected chi connectivity index (χ1v) is 5.48. The molecular weight excluding hydrogens is 181 g/mol. The van der Waals surface area contributed by atoms with Crippen LogP contribution in [0.25, 0.3) is 0 Å². The van der Waals surface area contributed by atoms with Crippen molar-refractivity contribution in [1.29, 1.82) is 0 Å². The van der Waals surface area contributed by atoms with Crippen molar-refractivity contribution >= 4 is 0 Å². The Kier molecular flexibility index (Phi) is 4.32. The van der Waals surface area contributed by atoms with Gasteiger partial charge in [-0.05, 0) is 33.6 Å². The number of hydrogen-bond donors (Lipinski definition) is 0. The Bertz CT molecular complexity index is 167. The van der Waals surface area contributed by atoms with E-state index in [1.807, 2.05) is 0 Å². The average Bonchev–Trinajstić information content (AvgIpc) is 2.44. The molecule has 1 atom stereocenters. The van der Waals surface area contributed by atoms with E-state index < -0.39 is 6.17 Å². The lowest BCUT2D eigenvalue weighted by molar-refractivity contribution is -0.00646. The molecule has 1 fully saturated rings. The molecule has 0 aromatic carbocycles. The minimum absolute atomic E-state index is 0.0480. The molecule has 1 heterocycles. The maximum atomic E-state index is 12.8. The molecule has 0 bridgehead atoms. The van der Waals surface area contributed by atoms with Gasteiger partial charge < -0.3 is 9.64 Å². The quantitative estimate of drug-likeness (QED) is 0.650. The Balaban J connectivity index is 1.99. The van der Waals surface area contributed by atoms with Crippen LogP contribution in [0.4, 0.5) is 4.39 Å². The first-order chi connectivity index (χ1) is 6.47. The van der Waals surface area contributed by atoms with E-state index in [4.69, 9.17) is 4.74 Å². The van der Waals surface area contributed by atoms with Gasteiger partial charge in [0.25, 0.3) is 0 Å². The van der Waals surface area contributed by atoms with Gasteiger partial charge in [0.15, 0.2) is 0 Å². The molecule has 0 amide bonds. The summed E-state index contributed by atoms with van der Waals surface area (Å²) in [6.45, 7) is 9.45. The minimum Gasteiger partial charge on any atom is -0.376 e. The normalized spacial score (nSPS) is 24.4. The second-order valence-corrected chi connectivity index (χ2v) is 5.00. The maximum Gasteiger partial charge on any atom is 0.114 e. The molecule has 0 N–H and O–H groups in total. The topological polar surface area (TPSA) is 12.5 Å². The van der Waals surface area contributed by atoms with Crippen molar-refractivity contribution in [2.24, 2.45) is 0 Å². The number of halogens is 1. The van der Waals surface area contributed by atoms with Gasteiger partial charge in [0.2, 0.25) is 0 Å². The summed E-state index contributed by atoms with van der Waals surface area (Å²) in [5.74, 6) is 0. The second-order valence-electron chi connectivity index (χ2n) is 5.00. The Labute approximate surface area is 86.4 Å². The van der Waals surface area contributed by atoms with Crippen LogP contribution >= 0.6 is 0 Å². The van der Waals surface area contributed by atoms with Crippen molar-refractivity contribution in [3.05, 3.63) is 0 Å². The Morgan fingerprint density at radius 1 is 1.43 bits per heavy atom. The highest BCUT2D eigenvalue weighted by atomic mass is 19.1. The predicted molar refractivity (Wildman–Crippen MR) is 56.3 cm³/mol. The smallest absolute Gasteiger partial charge is 0.114 e. The molecule has 0 radical (unpaired) electrons. The maximum absolute atomic E-state index is 12.8. The zero-order chi connectivity index (χ0) is 10.6. The molecule has 0 aliphatic carbocycles. The zero-order valence-electron chi connectivity index (χ0n) is 9.55. The first-order valence-electron chi connectivity index (χ1n) is 5.48.